The van der Waals surface area contributed by atoms with Crippen molar-refractivity contribution in [3.05, 3.63) is 85.2 Å². The van der Waals surface area contributed by atoms with E-state index in [0.29, 0.717) is 21.1 Å². The molecule has 0 aliphatic carbocycles. The lowest BCUT2D eigenvalue weighted by Crippen LogP contribution is -2.21. The largest absolute Gasteiger partial charge is 0.421 e. The van der Waals surface area contributed by atoms with Crippen molar-refractivity contribution in [2.24, 2.45) is 0 Å². The van der Waals surface area contributed by atoms with E-state index in [9.17, 15) is 9.59 Å². The Balaban J connectivity index is 1.45. The van der Waals surface area contributed by atoms with Crippen LogP contribution in [0.25, 0.3) is 31.9 Å². The van der Waals surface area contributed by atoms with E-state index in [1.54, 1.807) is 24.4 Å². The molecule has 0 unspecified atom stereocenters. The summed E-state index contributed by atoms with van der Waals surface area (Å²) >= 11 is 8.29. The zero-order chi connectivity index (χ0) is 22.4. The average molecular weight is 571 g/mol. The van der Waals surface area contributed by atoms with Crippen LogP contribution in [-0.4, -0.2) is 15.9 Å². The van der Waals surface area contributed by atoms with Gasteiger partial charge < -0.3 is 9.73 Å². The molecule has 0 saturated carbocycles. The molecule has 0 aliphatic heterocycles. The number of fused-ring (bicyclic) bond motifs is 2. The van der Waals surface area contributed by atoms with Gasteiger partial charge in [-0.1, -0.05) is 27.3 Å². The molecule has 1 N–H and O–H groups in total. The molecule has 0 fully saturated rings. The molecule has 158 valence electrons. The molecule has 0 saturated heterocycles. The summed E-state index contributed by atoms with van der Waals surface area (Å²) < 4.78 is 6.80. The minimum atomic E-state index is -0.700. The first-order chi connectivity index (χ1) is 15.4. The average Bonchev–Trinajstić information content (AvgIpc) is 3.19. The van der Waals surface area contributed by atoms with Crippen molar-refractivity contribution in [3.63, 3.8) is 0 Å². The number of carbonyl (C=O) groups excluding carboxylic acids is 1. The number of hydrogen-bond acceptors (Lipinski definition) is 6. The second-order valence-corrected chi connectivity index (χ2v) is 9.83. The van der Waals surface area contributed by atoms with Gasteiger partial charge in [0.2, 0.25) is 0 Å². The molecule has 1 amide bonds. The molecule has 9 heteroatoms. The summed E-state index contributed by atoms with van der Waals surface area (Å²) in [6, 6.07) is 14.5. The third-order valence-corrected chi connectivity index (χ3v) is 6.96. The number of anilines is 1. The van der Waals surface area contributed by atoms with Crippen molar-refractivity contribution in [1.82, 2.24) is 9.97 Å². The fourth-order valence-corrected chi connectivity index (χ4v) is 5.58. The van der Waals surface area contributed by atoms with Gasteiger partial charge in [0.25, 0.3) is 5.91 Å². The van der Waals surface area contributed by atoms with Crippen LogP contribution in [0.1, 0.15) is 15.9 Å². The third kappa shape index (κ3) is 3.87. The van der Waals surface area contributed by atoms with Gasteiger partial charge in [0, 0.05) is 27.3 Å². The van der Waals surface area contributed by atoms with E-state index in [1.165, 1.54) is 17.4 Å². The Morgan fingerprint density at radius 3 is 2.75 bits per heavy atom. The summed E-state index contributed by atoms with van der Waals surface area (Å²) in [6.45, 7) is 1.89. The Hall–Kier alpha value is -2.88. The molecule has 0 bridgehead atoms. The van der Waals surface area contributed by atoms with E-state index in [2.05, 4.69) is 47.1 Å². The zero-order valence-electron chi connectivity index (χ0n) is 16.5. The van der Waals surface area contributed by atoms with E-state index in [-0.39, 0.29) is 5.56 Å². The van der Waals surface area contributed by atoms with E-state index >= 15 is 0 Å². The van der Waals surface area contributed by atoms with Crippen LogP contribution in [-0.2, 0) is 0 Å². The predicted octanol–water partition coefficient (Wildman–Crippen LogP) is 6.55. The number of nitrogens with one attached hydrogen (secondary N) is 1. The number of thiazole rings is 1. The molecule has 0 atom stereocenters. The van der Waals surface area contributed by atoms with Crippen LogP contribution in [0.4, 0.5) is 5.69 Å². The summed E-state index contributed by atoms with van der Waals surface area (Å²) in [5, 5.41) is 4.30. The lowest BCUT2D eigenvalue weighted by Gasteiger charge is -2.10. The lowest BCUT2D eigenvalue weighted by atomic mass is 10.1. The van der Waals surface area contributed by atoms with Gasteiger partial charge in [0.1, 0.15) is 20.9 Å². The number of aryl methyl sites for hydroxylation is 1. The van der Waals surface area contributed by atoms with Gasteiger partial charge >= 0.3 is 5.63 Å². The molecule has 0 spiro atoms. The number of benzene rings is 2. The number of halogens is 2. The number of amides is 1. The van der Waals surface area contributed by atoms with E-state index in [4.69, 9.17) is 4.42 Å². The maximum Gasteiger partial charge on any atom is 0.349 e. The van der Waals surface area contributed by atoms with Gasteiger partial charge in [-0.05, 0) is 76.9 Å². The Morgan fingerprint density at radius 1 is 1.12 bits per heavy atom. The summed E-state index contributed by atoms with van der Waals surface area (Å²) in [5.74, 6) is -0.531. The fourth-order valence-electron chi connectivity index (χ4n) is 3.34. The minimum Gasteiger partial charge on any atom is -0.421 e. The molecule has 3 heterocycles. The van der Waals surface area contributed by atoms with Crippen molar-refractivity contribution >= 4 is 76.1 Å². The molecule has 5 rings (SSSR count). The van der Waals surface area contributed by atoms with Crippen LogP contribution < -0.4 is 10.9 Å². The maximum absolute atomic E-state index is 12.9. The summed E-state index contributed by atoms with van der Waals surface area (Å²) in [7, 11) is 0. The molecule has 0 radical (unpaired) electrons. The second kappa shape index (κ2) is 8.23. The van der Waals surface area contributed by atoms with Crippen LogP contribution in [0, 0.1) is 6.92 Å². The normalized spacial score (nSPS) is 11.2. The molecule has 32 heavy (non-hydrogen) atoms. The molecule has 5 aromatic rings. The first kappa shape index (κ1) is 21.0. The van der Waals surface area contributed by atoms with Crippen LogP contribution >= 0.6 is 43.2 Å². The maximum atomic E-state index is 12.9. The van der Waals surface area contributed by atoms with Crippen LogP contribution in [0.5, 0.6) is 0 Å². The van der Waals surface area contributed by atoms with Crippen molar-refractivity contribution in [2.45, 2.75) is 6.92 Å². The monoisotopic (exact) mass is 569 g/mol. The van der Waals surface area contributed by atoms with Crippen molar-refractivity contribution < 1.29 is 9.21 Å². The molecule has 6 nitrogen and oxygen atoms in total. The van der Waals surface area contributed by atoms with Gasteiger partial charge in [-0.15, -0.1) is 0 Å². The minimum absolute atomic E-state index is 0.0665. The molecule has 3 aromatic heterocycles. The fraction of sp³-hybridized carbons (Fsp3) is 0.0435. The number of aromatic nitrogens is 2. The van der Waals surface area contributed by atoms with E-state index in [1.807, 2.05) is 31.2 Å². The molecule has 2 aromatic carbocycles. The highest BCUT2D eigenvalue weighted by atomic mass is 79.9. The Kier molecular flexibility index (Phi) is 5.40. The van der Waals surface area contributed by atoms with Gasteiger partial charge in [0.15, 0.2) is 5.58 Å². The lowest BCUT2D eigenvalue weighted by molar-refractivity contribution is 0.102. The van der Waals surface area contributed by atoms with Gasteiger partial charge in [-0.25, -0.2) is 14.8 Å². The first-order valence-corrected chi connectivity index (χ1v) is 11.9. The number of carbonyl (C=O) groups is 1. The molecule has 0 aliphatic rings. The van der Waals surface area contributed by atoms with Gasteiger partial charge in [0.05, 0.1) is 4.47 Å². The number of hydrogen-bond donors (Lipinski definition) is 1. The standard InChI is InChI=1S/C23H13Br2N3O3S/c1-11-7-12(21-28-18-3-2-6-26-22(18)32-21)4-5-17(11)27-20(29)15-9-13-8-14(24)10-16(25)19(13)31-23(15)30/h2-10H,1H3,(H,27,29). The van der Waals surface area contributed by atoms with Crippen molar-refractivity contribution in [1.29, 1.82) is 0 Å². The quantitative estimate of drug-likeness (QED) is 0.249. The SMILES string of the molecule is Cc1cc(-c2nc3cccnc3s2)ccc1NC(=O)c1cc2cc(Br)cc(Br)c2oc1=O. The predicted molar refractivity (Wildman–Crippen MR) is 133 cm³/mol. The third-order valence-electron chi connectivity index (χ3n) is 4.88. The second-order valence-electron chi connectivity index (χ2n) is 7.08. The Bertz CT molecular complexity index is 1560. The highest BCUT2D eigenvalue weighted by Gasteiger charge is 2.17. The Labute approximate surface area is 202 Å². The number of pyridine rings is 1. The summed E-state index contributed by atoms with van der Waals surface area (Å²) in [5.41, 5.74) is 2.86. The smallest absolute Gasteiger partial charge is 0.349 e. The van der Waals surface area contributed by atoms with Crippen molar-refractivity contribution in [2.75, 3.05) is 5.32 Å². The highest BCUT2D eigenvalue weighted by molar-refractivity contribution is 9.11. The van der Waals surface area contributed by atoms with E-state index < -0.39 is 11.5 Å². The number of nitrogens with zero attached hydrogens (tertiary/aromatic N) is 2. The van der Waals surface area contributed by atoms with Crippen LogP contribution in [0.15, 0.2) is 72.9 Å². The topological polar surface area (TPSA) is 85.1 Å². The van der Waals surface area contributed by atoms with E-state index in [0.717, 1.165) is 31.0 Å². The first-order valence-electron chi connectivity index (χ1n) is 9.46. The summed E-state index contributed by atoms with van der Waals surface area (Å²) in [6.07, 6.45) is 1.74. The Morgan fingerprint density at radius 2 is 1.97 bits per heavy atom. The van der Waals surface area contributed by atoms with Crippen LogP contribution in [0.2, 0.25) is 0 Å². The number of rotatable bonds is 3. The van der Waals surface area contributed by atoms with Crippen molar-refractivity contribution in [3.8, 4) is 10.6 Å². The van der Waals surface area contributed by atoms with Crippen LogP contribution in [0.3, 0.4) is 0 Å². The molecular weight excluding hydrogens is 558 g/mol. The molecular formula is C23H13Br2N3O3S. The highest BCUT2D eigenvalue weighted by Crippen LogP contribution is 2.31. The van der Waals surface area contributed by atoms with Gasteiger partial charge in [-0.2, -0.15) is 0 Å². The van der Waals surface area contributed by atoms with Gasteiger partial charge in [-0.3, -0.25) is 4.79 Å². The summed E-state index contributed by atoms with van der Waals surface area (Å²) in [4.78, 5) is 35.1. The zero-order valence-corrected chi connectivity index (χ0v) is 20.5.